The maximum Gasteiger partial charge on any atom is 0.191 e. The molecule has 0 saturated carbocycles. The predicted octanol–water partition coefficient (Wildman–Crippen LogP) is 2.08. The highest BCUT2D eigenvalue weighted by Gasteiger charge is 2.32. The summed E-state index contributed by atoms with van der Waals surface area (Å²) in [5.41, 5.74) is 6.99. The standard InChI is InChI=1S/C18H27FN4O2.HI/c1-24-18(6-12-25-13-7-18)14-21-17(20)23-10-8-22(9-11-23)16-4-2-15(19)3-5-16;/h2-5H,6-14H2,1H3,(H2,20,21);1H. The van der Waals surface area contributed by atoms with Crippen LogP contribution in [0.1, 0.15) is 12.8 Å². The summed E-state index contributed by atoms with van der Waals surface area (Å²) >= 11 is 0. The van der Waals surface area contributed by atoms with Gasteiger partial charge in [-0.25, -0.2) is 4.39 Å². The van der Waals surface area contributed by atoms with E-state index in [-0.39, 0.29) is 35.4 Å². The molecule has 1 aromatic rings. The van der Waals surface area contributed by atoms with Crippen LogP contribution in [0.5, 0.6) is 0 Å². The molecular weight excluding hydrogens is 450 g/mol. The molecule has 1 aromatic carbocycles. The van der Waals surface area contributed by atoms with E-state index in [1.54, 1.807) is 7.11 Å². The number of nitrogens with zero attached hydrogens (tertiary/aromatic N) is 3. The van der Waals surface area contributed by atoms with Crippen LogP contribution in [0.2, 0.25) is 0 Å². The third-order valence-corrected chi connectivity index (χ3v) is 5.16. The molecule has 8 heteroatoms. The van der Waals surface area contributed by atoms with Gasteiger partial charge >= 0.3 is 0 Å². The Bertz CT molecular complexity index is 585. The van der Waals surface area contributed by atoms with Crippen molar-refractivity contribution in [3.63, 3.8) is 0 Å². The fraction of sp³-hybridized carbons (Fsp3) is 0.611. The molecule has 146 valence electrons. The predicted molar refractivity (Wildman–Crippen MR) is 112 cm³/mol. The van der Waals surface area contributed by atoms with E-state index in [0.29, 0.717) is 25.7 Å². The molecule has 2 fully saturated rings. The van der Waals surface area contributed by atoms with Crippen LogP contribution in [0.3, 0.4) is 0 Å². The van der Waals surface area contributed by atoms with Gasteiger partial charge in [0, 0.05) is 65.0 Å². The molecule has 3 rings (SSSR count). The molecule has 2 heterocycles. The van der Waals surface area contributed by atoms with Crippen molar-refractivity contribution < 1.29 is 13.9 Å². The Morgan fingerprint density at radius 3 is 2.38 bits per heavy atom. The third kappa shape index (κ3) is 5.20. The van der Waals surface area contributed by atoms with Gasteiger partial charge in [0.15, 0.2) is 5.96 Å². The average molecular weight is 478 g/mol. The second-order valence-corrected chi connectivity index (χ2v) is 6.62. The fourth-order valence-electron chi connectivity index (χ4n) is 3.34. The normalized spacial score (nSPS) is 20.6. The number of aliphatic imine (C=N–C) groups is 1. The van der Waals surface area contributed by atoms with E-state index in [0.717, 1.165) is 44.7 Å². The lowest BCUT2D eigenvalue weighted by molar-refractivity contribution is -0.0829. The first-order valence-corrected chi connectivity index (χ1v) is 8.80. The van der Waals surface area contributed by atoms with Crippen molar-refractivity contribution in [1.29, 1.82) is 0 Å². The minimum Gasteiger partial charge on any atom is -0.381 e. The number of ether oxygens (including phenoxy) is 2. The van der Waals surface area contributed by atoms with Crippen LogP contribution < -0.4 is 10.6 Å². The van der Waals surface area contributed by atoms with Crippen molar-refractivity contribution >= 4 is 35.6 Å². The molecule has 2 aliphatic rings. The number of piperazine rings is 1. The molecular formula is C18H28FIN4O2. The van der Waals surface area contributed by atoms with Gasteiger partial charge in [0.05, 0.1) is 12.1 Å². The first-order valence-electron chi connectivity index (χ1n) is 8.80. The van der Waals surface area contributed by atoms with Crippen molar-refractivity contribution in [2.45, 2.75) is 18.4 Å². The van der Waals surface area contributed by atoms with Crippen LogP contribution in [0, 0.1) is 5.82 Å². The molecule has 2 N–H and O–H groups in total. The van der Waals surface area contributed by atoms with Crippen molar-refractivity contribution in [3.05, 3.63) is 30.1 Å². The molecule has 0 amide bonds. The topological polar surface area (TPSA) is 63.3 Å². The quantitative estimate of drug-likeness (QED) is 0.408. The van der Waals surface area contributed by atoms with E-state index in [1.165, 1.54) is 12.1 Å². The van der Waals surface area contributed by atoms with Crippen molar-refractivity contribution in [2.24, 2.45) is 10.7 Å². The Morgan fingerprint density at radius 1 is 1.19 bits per heavy atom. The Morgan fingerprint density at radius 2 is 1.81 bits per heavy atom. The number of anilines is 1. The first-order chi connectivity index (χ1) is 12.1. The second kappa shape index (κ2) is 9.70. The van der Waals surface area contributed by atoms with Gasteiger partial charge in [-0.3, -0.25) is 4.99 Å². The summed E-state index contributed by atoms with van der Waals surface area (Å²) in [6, 6.07) is 6.62. The van der Waals surface area contributed by atoms with Crippen LogP contribution in [-0.2, 0) is 9.47 Å². The number of hydrogen-bond acceptors (Lipinski definition) is 4. The summed E-state index contributed by atoms with van der Waals surface area (Å²) in [6.45, 7) is 5.26. The lowest BCUT2D eigenvalue weighted by Crippen LogP contribution is -2.51. The van der Waals surface area contributed by atoms with Crippen LogP contribution in [0.4, 0.5) is 10.1 Å². The average Bonchev–Trinajstić information content (AvgIpc) is 2.67. The molecule has 0 spiro atoms. The van der Waals surface area contributed by atoms with E-state index in [2.05, 4.69) is 14.8 Å². The van der Waals surface area contributed by atoms with E-state index in [4.69, 9.17) is 15.2 Å². The van der Waals surface area contributed by atoms with Gasteiger partial charge in [-0.1, -0.05) is 0 Å². The maximum atomic E-state index is 13.0. The van der Waals surface area contributed by atoms with Gasteiger partial charge in [0.2, 0.25) is 0 Å². The highest BCUT2D eigenvalue weighted by atomic mass is 127. The Labute approximate surface area is 171 Å². The smallest absolute Gasteiger partial charge is 0.191 e. The monoisotopic (exact) mass is 478 g/mol. The molecule has 2 saturated heterocycles. The van der Waals surface area contributed by atoms with E-state index >= 15 is 0 Å². The summed E-state index contributed by atoms with van der Waals surface area (Å²) in [5, 5.41) is 0. The van der Waals surface area contributed by atoms with Crippen LogP contribution in [0.25, 0.3) is 0 Å². The van der Waals surface area contributed by atoms with E-state index in [9.17, 15) is 4.39 Å². The van der Waals surface area contributed by atoms with Crippen LogP contribution in [-0.4, -0.2) is 69.5 Å². The summed E-state index contributed by atoms with van der Waals surface area (Å²) < 4.78 is 24.2. The molecule has 0 unspecified atom stereocenters. The second-order valence-electron chi connectivity index (χ2n) is 6.62. The summed E-state index contributed by atoms with van der Waals surface area (Å²) in [4.78, 5) is 8.93. The summed E-state index contributed by atoms with van der Waals surface area (Å²) in [6.07, 6.45) is 1.69. The van der Waals surface area contributed by atoms with Crippen LogP contribution >= 0.6 is 24.0 Å². The van der Waals surface area contributed by atoms with Crippen LogP contribution in [0.15, 0.2) is 29.3 Å². The molecule has 0 radical (unpaired) electrons. The molecule has 0 atom stereocenters. The Kier molecular flexibility index (Phi) is 7.90. The number of halogens is 2. The number of benzene rings is 1. The number of rotatable bonds is 4. The number of methoxy groups -OCH3 is 1. The highest BCUT2D eigenvalue weighted by Crippen LogP contribution is 2.25. The van der Waals surface area contributed by atoms with Crippen molar-refractivity contribution in [1.82, 2.24) is 4.90 Å². The largest absolute Gasteiger partial charge is 0.381 e. The molecule has 0 aromatic heterocycles. The minimum absolute atomic E-state index is 0. The van der Waals surface area contributed by atoms with Crippen molar-refractivity contribution in [2.75, 3.05) is 57.9 Å². The van der Waals surface area contributed by atoms with Gasteiger partial charge in [-0.2, -0.15) is 0 Å². The number of hydrogen-bond donors (Lipinski definition) is 1. The number of guanidine groups is 1. The first kappa shape index (κ1) is 21.2. The van der Waals surface area contributed by atoms with E-state index < -0.39 is 0 Å². The Hall–Kier alpha value is -1.13. The molecule has 0 bridgehead atoms. The third-order valence-electron chi connectivity index (χ3n) is 5.16. The SMILES string of the molecule is COC1(CN=C(N)N2CCN(c3ccc(F)cc3)CC2)CCOCC1.I. The summed E-state index contributed by atoms with van der Waals surface area (Å²) in [7, 11) is 1.73. The Balaban J connectivity index is 0.00000243. The fourth-order valence-corrected chi connectivity index (χ4v) is 3.34. The van der Waals surface area contributed by atoms with Gasteiger partial charge in [-0.15, -0.1) is 24.0 Å². The lowest BCUT2D eigenvalue weighted by Gasteiger charge is -2.37. The molecule has 26 heavy (non-hydrogen) atoms. The lowest BCUT2D eigenvalue weighted by atomic mass is 9.94. The molecule has 6 nitrogen and oxygen atoms in total. The van der Waals surface area contributed by atoms with Gasteiger partial charge in [0.25, 0.3) is 0 Å². The zero-order valence-corrected chi connectivity index (χ0v) is 17.5. The van der Waals surface area contributed by atoms with E-state index in [1.807, 2.05) is 12.1 Å². The minimum atomic E-state index is -0.251. The zero-order valence-electron chi connectivity index (χ0n) is 15.2. The van der Waals surface area contributed by atoms with Gasteiger partial charge in [-0.05, 0) is 24.3 Å². The summed E-state index contributed by atoms with van der Waals surface area (Å²) in [5.74, 6) is 0.362. The van der Waals surface area contributed by atoms with Crippen molar-refractivity contribution in [3.8, 4) is 0 Å². The van der Waals surface area contributed by atoms with Gasteiger partial charge < -0.3 is 25.0 Å². The maximum absolute atomic E-state index is 13.0. The molecule has 0 aliphatic carbocycles. The molecule has 2 aliphatic heterocycles. The van der Waals surface area contributed by atoms with Gasteiger partial charge in [0.1, 0.15) is 5.82 Å². The highest BCUT2D eigenvalue weighted by molar-refractivity contribution is 14.0. The zero-order chi connectivity index (χ0) is 17.7. The number of nitrogens with two attached hydrogens (primary N) is 1.